The molecule has 4 rings (SSSR count). The van der Waals surface area contributed by atoms with Crippen LogP contribution in [0, 0.1) is 0 Å². The first-order valence-electron chi connectivity index (χ1n) is 9.05. The van der Waals surface area contributed by atoms with Gasteiger partial charge in [-0.3, -0.25) is 14.5 Å². The average Bonchev–Trinajstić information content (AvgIpc) is 3.49. The number of anilines is 1. The number of Topliss-reactive ketones (excluding diaryl/α,β-unsaturated/α-hetero) is 1. The maximum Gasteiger partial charge on any atom is 0.387 e. The Morgan fingerprint density at radius 2 is 2.03 bits per heavy atom. The minimum atomic E-state index is -2.95. The number of halogens is 3. The van der Waals surface area contributed by atoms with Crippen LogP contribution in [0.25, 0.3) is 6.08 Å². The third-order valence-electron chi connectivity index (χ3n) is 4.15. The van der Waals surface area contributed by atoms with Gasteiger partial charge in [0.2, 0.25) is 0 Å². The summed E-state index contributed by atoms with van der Waals surface area (Å²) in [6.45, 7) is -2.95. The van der Waals surface area contributed by atoms with Crippen molar-refractivity contribution < 1.29 is 27.5 Å². The number of thiophene rings is 1. The van der Waals surface area contributed by atoms with E-state index in [0.717, 1.165) is 15.5 Å². The molecule has 0 radical (unpaired) electrons. The zero-order chi connectivity index (χ0) is 22.7. The van der Waals surface area contributed by atoms with E-state index >= 15 is 0 Å². The van der Waals surface area contributed by atoms with Crippen LogP contribution in [-0.4, -0.2) is 29.2 Å². The SMILES string of the molecule is O=C(CSC1=N/C(=C/c2ccco2)C(=O)N1c1ccc(OC(F)F)cc1)c1ccc(Br)s1. The minimum Gasteiger partial charge on any atom is -0.465 e. The number of rotatable bonds is 7. The molecule has 0 bridgehead atoms. The third-order valence-corrected chi connectivity index (χ3v) is 6.76. The van der Waals surface area contributed by atoms with Crippen LogP contribution >= 0.6 is 39.0 Å². The van der Waals surface area contributed by atoms with Gasteiger partial charge in [-0.15, -0.1) is 11.3 Å². The van der Waals surface area contributed by atoms with Gasteiger partial charge >= 0.3 is 6.61 Å². The number of amides is 1. The molecule has 0 unspecified atom stereocenters. The Kier molecular flexibility index (Phi) is 6.87. The molecule has 1 aliphatic heterocycles. The number of carbonyl (C=O) groups excluding carboxylic acids is 2. The second-order valence-corrected chi connectivity index (χ2v) is 9.67. The Hall–Kier alpha value is -2.76. The molecule has 32 heavy (non-hydrogen) atoms. The number of ketones is 1. The summed E-state index contributed by atoms with van der Waals surface area (Å²) in [5.74, 6) is -0.0616. The van der Waals surface area contributed by atoms with Gasteiger partial charge in [0.25, 0.3) is 5.91 Å². The average molecular weight is 539 g/mol. The lowest BCUT2D eigenvalue weighted by Crippen LogP contribution is -2.30. The molecule has 3 aromatic rings. The van der Waals surface area contributed by atoms with Crippen molar-refractivity contribution in [1.82, 2.24) is 0 Å². The quantitative estimate of drug-likeness (QED) is 0.270. The van der Waals surface area contributed by atoms with Crippen molar-refractivity contribution in [3.8, 4) is 5.75 Å². The first-order valence-corrected chi connectivity index (χ1v) is 11.6. The lowest BCUT2D eigenvalue weighted by molar-refractivity contribution is -0.113. The predicted molar refractivity (Wildman–Crippen MR) is 123 cm³/mol. The fourth-order valence-corrected chi connectivity index (χ4v) is 5.08. The fourth-order valence-electron chi connectivity index (χ4n) is 2.77. The topological polar surface area (TPSA) is 72.1 Å². The highest BCUT2D eigenvalue weighted by atomic mass is 79.9. The molecule has 11 heteroatoms. The number of aliphatic imine (C=N–C) groups is 1. The van der Waals surface area contributed by atoms with E-state index in [-0.39, 0.29) is 23.0 Å². The van der Waals surface area contributed by atoms with Crippen LogP contribution in [0.4, 0.5) is 14.5 Å². The number of alkyl halides is 2. The van der Waals surface area contributed by atoms with Gasteiger partial charge in [-0.2, -0.15) is 8.78 Å². The van der Waals surface area contributed by atoms with E-state index in [1.165, 1.54) is 52.8 Å². The lowest BCUT2D eigenvalue weighted by Gasteiger charge is -2.18. The summed E-state index contributed by atoms with van der Waals surface area (Å²) in [5.41, 5.74) is 0.527. The molecule has 3 heterocycles. The summed E-state index contributed by atoms with van der Waals surface area (Å²) in [6, 6.07) is 12.5. The van der Waals surface area contributed by atoms with E-state index in [1.54, 1.807) is 24.3 Å². The summed E-state index contributed by atoms with van der Waals surface area (Å²) in [6.07, 6.45) is 2.97. The number of ether oxygens (including phenoxy) is 1. The molecule has 0 spiro atoms. The number of amidine groups is 1. The van der Waals surface area contributed by atoms with Crippen molar-refractivity contribution in [1.29, 1.82) is 0 Å². The summed E-state index contributed by atoms with van der Waals surface area (Å²) in [5, 5.41) is 0.291. The summed E-state index contributed by atoms with van der Waals surface area (Å²) >= 11 is 5.76. The van der Waals surface area contributed by atoms with Crippen molar-refractivity contribution >= 4 is 67.7 Å². The molecule has 1 aliphatic rings. The molecule has 1 aromatic carbocycles. The maximum absolute atomic E-state index is 13.1. The van der Waals surface area contributed by atoms with E-state index < -0.39 is 12.5 Å². The van der Waals surface area contributed by atoms with E-state index in [9.17, 15) is 18.4 Å². The normalized spacial score (nSPS) is 15.0. The van der Waals surface area contributed by atoms with Gasteiger partial charge in [-0.05, 0) is 64.5 Å². The Morgan fingerprint density at radius 3 is 2.66 bits per heavy atom. The molecule has 2 aromatic heterocycles. The molecule has 0 N–H and O–H groups in total. The summed E-state index contributed by atoms with van der Waals surface area (Å²) < 4.78 is 35.3. The van der Waals surface area contributed by atoms with Crippen LogP contribution in [0.2, 0.25) is 0 Å². The van der Waals surface area contributed by atoms with Crippen molar-refractivity contribution in [2.45, 2.75) is 6.61 Å². The standard InChI is InChI=1S/C21H13BrF2N2O4S2/c22-18-8-7-17(32-18)16(27)11-31-21-25-15(10-14-2-1-9-29-14)19(28)26(21)12-3-5-13(6-4-12)30-20(23)24/h1-10,20H,11H2/b15-10+. The van der Waals surface area contributed by atoms with Gasteiger partial charge in [0.05, 0.1) is 26.4 Å². The minimum absolute atomic E-state index is 0.0358. The molecule has 0 aliphatic carbocycles. The Bertz CT molecular complexity index is 1190. The molecule has 0 saturated heterocycles. The predicted octanol–water partition coefficient (Wildman–Crippen LogP) is 6.06. The number of thioether (sulfide) groups is 1. The fraction of sp³-hybridized carbons (Fsp3) is 0.0952. The zero-order valence-corrected chi connectivity index (χ0v) is 19.3. The van der Waals surface area contributed by atoms with E-state index in [4.69, 9.17) is 4.42 Å². The van der Waals surface area contributed by atoms with Crippen LogP contribution in [0.5, 0.6) is 5.75 Å². The number of hydrogen-bond donors (Lipinski definition) is 0. The monoisotopic (exact) mass is 538 g/mol. The molecule has 0 fully saturated rings. The van der Waals surface area contributed by atoms with Gasteiger partial charge < -0.3 is 9.15 Å². The number of carbonyl (C=O) groups is 2. The van der Waals surface area contributed by atoms with Crippen LogP contribution in [0.15, 0.2) is 73.7 Å². The van der Waals surface area contributed by atoms with Crippen LogP contribution in [0.3, 0.4) is 0 Å². The van der Waals surface area contributed by atoms with Gasteiger partial charge in [0.1, 0.15) is 17.2 Å². The van der Waals surface area contributed by atoms with Crippen LogP contribution in [0.1, 0.15) is 15.4 Å². The smallest absolute Gasteiger partial charge is 0.387 e. The number of nitrogens with zero attached hydrogens (tertiary/aromatic N) is 2. The highest BCUT2D eigenvalue weighted by Crippen LogP contribution is 2.32. The first-order chi connectivity index (χ1) is 15.4. The van der Waals surface area contributed by atoms with Gasteiger partial charge in [0, 0.05) is 6.08 Å². The molecule has 0 atom stereocenters. The molecule has 0 saturated carbocycles. The molecular formula is C21H13BrF2N2O4S2. The third kappa shape index (κ3) is 5.17. The number of furan rings is 1. The van der Waals surface area contributed by atoms with Crippen molar-refractivity contribution in [3.63, 3.8) is 0 Å². The number of benzene rings is 1. The second kappa shape index (κ2) is 9.80. The van der Waals surface area contributed by atoms with E-state index in [0.29, 0.717) is 21.5 Å². The Labute approximate surface area is 197 Å². The Morgan fingerprint density at radius 1 is 1.25 bits per heavy atom. The highest BCUT2D eigenvalue weighted by Gasteiger charge is 2.33. The highest BCUT2D eigenvalue weighted by molar-refractivity contribution is 9.11. The van der Waals surface area contributed by atoms with Crippen molar-refractivity contribution in [3.05, 3.63) is 74.9 Å². The summed E-state index contributed by atoms with van der Waals surface area (Å²) in [7, 11) is 0. The van der Waals surface area contributed by atoms with E-state index in [1.807, 2.05) is 0 Å². The van der Waals surface area contributed by atoms with Crippen LogP contribution < -0.4 is 9.64 Å². The van der Waals surface area contributed by atoms with Crippen molar-refractivity contribution in [2.24, 2.45) is 4.99 Å². The lowest BCUT2D eigenvalue weighted by atomic mass is 10.2. The first kappa shape index (κ1) is 22.4. The van der Waals surface area contributed by atoms with Crippen LogP contribution in [-0.2, 0) is 4.79 Å². The molecule has 1 amide bonds. The molecule has 164 valence electrons. The molecule has 6 nitrogen and oxygen atoms in total. The van der Waals surface area contributed by atoms with Gasteiger partial charge in [0.15, 0.2) is 11.0 Å². The van der Waals surface area contributed by atoms with Crippen molar-refractivity contribution in [2.75, 3.05) is 10.7 Å². The van der Waals surface area contributed by atoms with Gasteiger partial charge in [-0.25, -0.2) is 4.99 Å². The second-order valence-electron chi connectivity index (χ2n) is 6.27. The maximum atomic E-state index is 13.1. The Balaban J connectivity index is 1.59. The van der Waals surface area contributed by atoms with E-state index in [2.05, 4.69) is 25.7 Å². The van der Waals surface area contributed by atoms with Gasteiger partial charge in [-0.1, -0.05) is 11.8 Å². The largest absolute Gasteiger partial charge is 0.465 e. The molecular weight excluding hydrogens is 526 g/mol. The zero-order valence-electron chi connectivity index (χ0n) is 16.0. The summed E-state index contributed by atoms with van der Waals surface area (Å²) in [4.78, 5) is 31.9. The number of hydrogen-bond acceptors (Lipinski definition) is 7.